The molecule has 2 amide bonds. The van der Waals surface area contributed by atoms with E-state index in [-0.39, 0.29) is 19.5 Å². The summed E-state index contributed by atoms with van der Waals surface area (Å²) in [5.74, 6) is -1.01. The van der Waals surface area contributed by atoms with Crippen LogP contribution < -0.4 is 0 Å². The van der Waals surface area contributed by atoms with Crippen LogP contribution in [-0.4, -0.2) is 59.8 Å². The van der Waals surface area contributed by atoms with E-state index in [4.69, 9.17) is 5.11 Å². The van der Waals surface area contributed by atoms with Gasteiger partial charge >= 0.3 is 18.2 Å². The second-order valence-corrected chi connectivity index (χ2v) is 4.86. The Balaban J connectivity index is 2.69. The molecule has 1 aliphatic heterocycles. The fourth-order valence-electron chi connectivity index (χ4n) is 2.23. The summed E-state index contributed by atoms with van der Waals surface area (Å²) in [4.78, 5) is 24.7. The molecule has 1 N–H and O–H groups in total. The van der Waals surface area contributed by atoms with Gasteiger partial charge in [0.15, 0.2) is 0 Å². The van der Waals surface area contributed by atoms with Crippen LogP contribution in [0.1, 0.15) is 19.8 Å². The minimum atomic E-state index is -4.46. The van der Waals surface area contributed by atoms with Gasteiger partial charge in [-0.05, 0) is 12.8 Å². The molecule has 0 aliphatic carbocycles. The lowest BCUT2D eigenvalue weighted by atomic mass is 9.84. The zero-order chi connectivity index (χ0) is 14.8. The molecule has 0 aromatic rings. The van der Waals surface area contributed by atoms with Crippen molar-refractivity contribution in [1.29, 1.82) is 0 Å². The first-order valence-corrected chi connectivity index (χ1v) is 5.91. The van der Waals surface area contributed by atoms with Crippen molar-refractivity contribution in [2.75, 3.05) is 26.7 Å². The Bertz CT molecular complexity index is 373. The molecule has 19 heavy (non-hydrogen) atoms. The third-order valence-corrected chi connectivity index (χ3v) is 3.50. The molecule has 1 aliphatic rings. The average molecular weight is 282 g/mol. The van der Waals surface area contributed by atoms with Gasteiger partial charge in [0.2, 0.25) is 0 Å². The standard InChI is InChI=1S/C11H17F3N2O3/c1-3-10(8(17)18)4-5-16(6-10)9(19)15(2)7-11(12,13)14/h3-7H2,1-2H3,(H,17,18). The lowest BCUT2D eigenvalue weighted by molar-refractivity contribution is -0.148. The molecule has 0 bridgehead atoms. The number of hydrogen-bond acceptors (Lipinski definition) is 2. The summed E-state index contributed by atoms with van der Waals surface area (Å²) in [6.45, 7) is 0.483. The fraction of sp³-hybridized carbons (Fsp3) is 0.818. The molecule has 0 radical (unpaired) electrons. The molecule has 1 fully saturated rings. The minimum absolute atomic E-state index is 0.0418. The zero-order valence-corrected chi connectivity index (χ0v) is 10.8. The first-order valence-electron chi connectivity index (χ1n) is 5.91. The molecule has 110 valence electrons. The summed E-state index contributed by atoms with van der Waals surface area (Å²) in [7, 11) is 1.06. The minimum Gasteiger partial charge on any atom is -0.481 e. The van der Waals surface area contributed by atoms with Crippen LogP contribution in [0, 0.1) is 5.41 Å². The maximum absolute atomic E-state index is 12.2. The Hall–Kier alpha value is -1.47. The van der Waals surface area contributed by atoms with Crippen molar-refractivity contribution >= 4 is 12.0 Å². The molecule has 0 saturated carbocycles. The predicted octanol–water partition coefficient (Wildman–Crippen LogP) is 1.79. The number of nitrogens with zero attached hydrogens (tertiary/aromatic N) is 2. The van der Waals surface area contributed by atoms with Gasteiger partial charge in [-0.3, -0.25) is 4.79 Å². The Morgan fingerprint density at radius 1 is 1.42 bits per heavy atom. The largest absolute Gasteiger partial charge is 0.481 e. The van der Waals surface area contributed by atoms with Gasteiger partial charge in [-0.15, -0.1) is 0 Å². The van der Waals surface area contributed by atoms with E-state index in [0.717, 1.165) is 7.05 Å². The highest BCUT2D eigenvalue weighted by molar-refractivity contribution is 5.79. The Morgan fingerprint density at radius 2 is 2.00 bits per heavy atom. The van der Waals surface area contributed by atoms with Crippen molar-refractivity contribution in [3.8, 4) is 0 Å². The molecular formula is C11H17F3N2O3. The van der Waals surface area contributed by atoms with Crippen LogP contribution >= 0.6 is 0 Å². The monoisotopic (exact) mass is 282 g/mol. The molecule has 1 unspecified atom stereocenters. The number of carboxylic acid groups (broad SMARTS) is 1. The van der Waals surface area contributed by atoms with Crippen LogP contribution in [0.4, 0.5) is 18.0 Å². The van der Waals surface area contributed by atoms with Crippen molar-refractivity contribution in [2.45, 2.75) is 25.9 Å². The van der Waals surface area contributed by atoms with Gasteiger partial charge in [0.25, 0.3) is 0 Å². The van der Waals surface area contributed by atoms with Crippen molar-refractivity contribution < 1.29 is 27.9 Å². The number of rotatable bonds is 3. The molecule has 5 nitrogen and oxygen atoms in total. The SMILES string of the molecule is CCC1(C(=O)O)CCN(C(=O)N(C)CC(F)(F)F)C1. The molecule has 1 saturated heterocycles. The number of hydrogen-bond donors (Lipinski definition) is 1. The van der Waals surface area contributed by atoms with Crippen LogP contribution in [0.3, 0.4) is 0 Å². The number of alkyl halides is 3. The van der Waals surface area contributed by atoms with Gasteiger partial charge in [-0.1, -0.05) is 6.92 Å². The van der Waals surface area contributed by atoms with Crippen molar-refractivity contribution in [3.63, 3.8) is 0 Å². The van der Waals surface area contributed by atoms with Crippen LogP contribution in [0.25, 0.3) is 0 Å². The molecule has 1 rings (SSSR count). The van der Waals surface area contributed by atoms with E-state index in [9.17, 15) is 22.8 Å². The van der Waals surface area contributed by atoms with Crippen molar-refractivity contribution in [1.82, 2.24) is 9.80 Å². The van der Waals surface area contributed by atoms with Gasteiger partial charge in [0, 0.05) is 20.1 Å². The van der Waals surface area contributed by atoms with E-state index < -0.39 is 30.1 Å². The van der Waals surface area contributed by atoms with Gasteiger partial charge in [-0.25, -0.2) is 4.79 Å². The second-order valence-electron chi connectivity index (χ2n) is 4.86. The van der Waals surface area contributed by atoms with E-state index >= 15 is 0 Å². The Kier molecular flexibility index (Phi) is 4.32. The van der Waals surface area contributed by atoms with Crippen LogP contribution in [0.5, 0.6) is 0 Å². The topological polar surface area (TPSA) is 60.9 Å². The maximum Gasteiger partial charge on any atom is 0.406 e. The molecule has 0 aromatic heterocycles. The zero-order valence-electron chi connectivity index (χ0n) is 10.8. The predicted molar refractivity (Wildman–Crippen MR) is 60.6 cm³/mol. The highest BCUT2D eigenvalue weighted by Gasteiger charge is 2.45. The molecule has 0 aromatic carbocycles. The molecule has 1 heterocycles. The van der Waals surface area contributed by atoms with Crippen molar-refractivity contribution in [3.05, 3.63) is 0 Å². The molecule has 0 spiro atoms. The van der Waals surface area contributed by atoms with E-state index in [0.29, 0.717) is 11.3 Å². The molecule has 1 atom stereocenters. The van der Waals surface area contributed by atoms with Gasteiger partial charge < -0.3 is 14.9 Å². The number of aliphatic carboxylic acids is 1. The normalized spacial score (nSPS) is 23.5. The summed E-state index contributed by atoms with van der Waals surface area (Å²) in [5, 5.41) is 9.16. The third kappa shape index (κ3) is 3.51. The highest BCUT2D eigenvalue weighted by Crippen LogP contribution is 2.34. The average Bonchev–Trinajstić information content (AvgIpc) is 2.71. The van der Waals surface area contributed by atoms with Crippen LogP contribution in [0.2, 0.25) is 0 Å². The van der Waals surface area contributed by atoms with Crippen molar-refractivity contribution in [2.24, 2.45) is 5.41 Å². The summed E-state index contributed by atoms with van der Waals surface area (Å²) in [5.41, 5.74) is -1.03. The summed E-state index contributed by atoms with van der Waals surface area (Å²) in [6, 6.07) is -0.783. The van der Waals surface area contributed by atoms with Gasteiger partial charge in [0.1, 0.15) is 6.54 Å². The second kappa shape index (κ2) is 5.26. The Morgan fingerprint density at radius 3 is 2.37 bits per heavy atom. The highest BCUT2D eigenvalue weighted by atomic mass is 19.4. The smallest absolute Gasteiger partial charge is 0.406 e. The summed E-state index contributed by atoms with van der Waals surface area (Å²) < 4.78 is 36.6. The third-order valence-electron chi connectivity index (χ3n) is 3.50. The number of amides is 2. The number of carbonyl (C=O) groups is 2. The Labute approximate surface area is 109 Å². The number of carboxylic acids is 1. The summed E-state index contributed by atoms with van der Waals surface area (Å²) in [6.07, 6.45) is -3.85. The fourth-order valence-corrected chi connectivity index (χ4v) is 2.23. The molecule has 8 heteroatoms. The van der Waals surface area contributed by atoms with Crippen LogP contribution in [0.15, 0.2) is 0 Å². The number of urea groups is 1. The quantitative estimate of drug-likeness (QED) is 0.858. The number of halogens is 3. The van der Waals surface area contributed by atoms with E-state index in [1.807, 2.05) is 0 Å². The first kappa shape index (κ1) is 15.6. The van der Waals surface area contributed by atoms with E-state index in [1.54, 1.807) is 6.92 Å². The van der Waals surface area contributed by atoms with Gasteiger partial charge in [-0.2, -0.15) is 13.2 Å². The number of carbonyl (C=O) groups excluding carboxylic acids is 1. The number of likely N-dealkylation sites (tertiary alicyclic amines) is 1. The molecular weight excluding hydrogens is 265 g/mol. The lowest BCUT2D eigenvalue weighted by Gasteiger charge is -2.27. The first-order chi connectivity index (χ1) is 8.61. The lowest BCUT2D eigenvalue weighted by Crippen LogP contribution is -2.45. The van der Waals surface area contributed by atoms with E-state index in [1.165, 1.54) is 4.90 Å². The van der Waals surface area contributed by atoms with E-state index in [2.05, 4.69) is 0 Å². The van der Waals surface area contributed by atoms with Gasteiger partial charge in [0.05, 0.1) is 5.41 Å². The van der Waals surface area contributed by atoms with Crippen LogP contribution in [-0.2, 0) is 4.79 Å². The maximum atomic E-state index is 12.2. The summed E-state index contributed by atoms with van der Waals surface area (Å²) >= 11 is 0.